The van der Waals surface area contributed by atoms with Crippen LogP contribution >= 0.6 is 15.9 Å². The Balaban J connectivity index is 2.46. The van der Waals surface area contributed by atoms with Gasteiger partial charge in [-0.25, -0.2) is 5.06 Å². The molecule has 0 aliphatic carbocycles. The fourth-order valence-corrected chi connectivity index (χ4v) is 2.20. The molecule has 80 valence electrons. The predicted octanol–water partition coefficient (Wildman–Crippen LogP) is 1.82. The lowest BCUT2D eigenvalue weighted by Gasteiger charge is -2.32. The highest BCUT2D eigenvalue weighted by atomic mass is 79.9. The zero-order valence-electron chi connectivity index (χ0n) is 8.31. The lowest BCUT2D eigenvalue weighted by Crippen LogP contribution is -2.46. The molecule has 1 aliphatic rings. The molecule has 0 N–H and O–H groups in total. The van der Waals surface area contributed by atoms with Crippen molar-refractivity contribution in [3.63, 3.8) is 0 Å². The number of halogens is 1. The molecule has 1 atom stereocenters. The number of carbonyl (C=O) groups excluding carboxylic acids is 1. The number of hydrogen-bond donors (Lipinski definition) is 0. The van der Waals surface area contributed by atoms with Gasteiger partial charge in [0.1, 0.15) is 5.69 Å². The molecule has 0 bridgehead atoms. The monoisotopic (exact) mass is 270 g/mol. The third kappa shape index (κ3) is 1.52. The van der Waals surface area contributed by atoms with Crippen molar-refractivity contribution in [1.29, 1.82) is 0 Å². The average Bonchev–Trinajstić information content (AvgIpc) is 2.60. The summed E-state index contributed by atoms with van der Waals surface area (Å²) in [6.45, 7) is 4.36. The molecule has 2 rings (SSSR count). The van der Waals surface area contributed by atoms with E-state index in [0.717, 1.165) is 4.60 Å². The van der Waals surface area contributed by atoms with Crippen LogP contribution in [-0.4, -0.2) is 28.7 Å². The maximum absolute atomic E-state index is 11.9. The van der Waals surface area contributed by atoms with Gasteiger partial charge in [0.05, 0.1) is 24.3 Å². The Labute approximate surface area is 96.2 Å². The third-order valence-electron chi connectivity index (χ3n) is 2.49. The number of aromatic nitrogens is 1. The minimum atomic E-state index is -0.139. The van der Waals surface area contributed by atoms with Crippen molar-refractivity contribution in [2.24, 2.45) is 0 Å². The standard InChI is InChI=1S/C10H11BrN2O2/c1-3-7-6-12-8(4-5-9(12)11)10(14)13(7)15-2/h3-5,7H,1,6H2,2H3. The maximum Gasteiger partial charge on any atom is 0.294 e. The lowest BCUT2D eigenvalue weighted by molar-refractivity contribution is -0.121. The van der Waals surface area contributed by atoms with Crippen LogP contribution in [0.5, 0.6) is 0 Å². The fraction of sp³-hybridized carbons (Fsp3) is 0.300. The van der Waals surface area contributed by atoms with Crippen LogP contribution in [0.1, 0.15) is 10.5 Å². The first-order valence-corrected chi connectivity index (χ1v) is 5.33. The van der Waals surface area contributed by atoms with Gasteiger partial charge in [0.15, 0.2) is 0 Å². The minimum Gasteiger partial charge on any atom is -0.329 e. The number of carbonyl (C=O) groups is 1. The van der Waals surface area contributed by atoms with Crippen molar-refractivity contribution in [1.82, 2.24) is 9.63 Å². The molecule has 1 unspecified atom stereocenters. The molecule has 0 saturated carbocycles. The zero-order chi connectivity index (χ0) is 11.0. The first-order chi connectivity index (χ1) is 7.19. The van der Waals surface area contributed by atoms with E-state index in [1.807, 2.05) is 10.6 Å². The molecule has 1 amide bonds. The molecule has 4 nitrogen and oxygen atoms in total. The number of hydroxylamine groups is 2. The van der Waals surface area contributed by atoms with Crippen molar-refractivity contribution in [2.75, 3.05) is 7.11 Å². The van der Waals surface area contributed by atoms with Crippen LogP contribution in [0.15, 0.2) is 29.4 Å². The Kier molecular flexibility index (Phi) is 2.67. The molecule has 0 fully saturated rings. The largest absolute Gasteiger partial charge is 0.329 e. The molecule has 0 aromatic carbocycles. The summed E-state index contributed by atoms with van der Waals surface area (Å²) in [5, 5.41) is 1.34. The Hall–Kier alpha value is -1.07. The Morgan fingerprint density at radius 3 is 3.00 bits per heavy atom. The summed E-state index contributed by atoms with van der Waals surface area (Å²) in [6.07, 6.45) is 1.71. The molecule has 0 spiro atoms. The summed E-state index contributed by atoms with van der Waals surface area (Å²) in [5.41, 5.74) is 0.627. The average molecular weight is 271 g/mol. The normalized spacial score (nSPS) is 20.3. The second-order valence-corrected chi connectivity index (χ2v) is 4.08. The number of hydrogen-bond acceptors (Lipinski definition) is 2. The maximum atomic E-state index is 11.9. The number of fused-ring (bicyclic) bond motifs is 1. The quantitative estimate of drug-likeness (QED) is 0.769. The highest BCUT2D eigenvalue weighted by Gasteiger charge is 2.32. The molecular formula is C10H11BrN2O2. The van der Waals surface area contributed by atoms with Gasteiger partial charge in [0.25, 0.3) is 5.91 Å². The molecule has 5 heteroatoms. The van der Waals surface area contributed by atoms with Crippen LogP contribution < -0.4 is 0 Å². The van der Waals surface area contributed by atoms with Gasteiger partial charge in [-0.05, 0) is 28.1 Å². The van der Waals surface area contributed by atoms with E-state index in [4.69, 9.17) is 4.84 Å². The van der Waals surface area contributed by atoms with Crippen LogP contribution in [0.4, 0.5) is 0 Å². The van der Waals surface area contributed by atoms with Crippen molar-refractivity contribution >= 4 is 21.8 Å². The van der Waals surface area contributed by atoms with Gasteiger partial charge in [-0.3, -0.25) is 9.63 Å². The van der Waals surface area contributed by atoms with E-state index in [0.29, 0.717) is 12.2 Å². The van der Waals surface area contributed by atoms with E-state index in [-0.39, 0.29) is 11.9 Å². The Morgan fingerprint density at radius 2 is 2.40 bits per heavy atom. The van der Waals surface area contributed by atoms with Crippen LogP contribution in [-0.2, 0) is 11.4 Å². The number of rotatable bonds is 2. The minimum absolute atomic E-state index is 0.126. The van der Waals surface area contributed by atoms with E-state index in [2.05, 4.69) is 22.5 Å². The molecular weight excluding hydrogens is 260 g/mol. The predicted molar refractivity (Wildman–Crippen MR) is 59.3 cm³/mol. The Bertz CT molecular complexity index is 414. The number of nitrogens with zero attached hydrogens (tertiary/aromatic N) is 2. The van der Waals surface area contributed by atoms with E-state index in [1.54, 1.807) is 12.1 Å². The van der Waals surface area contributed by atoms with Gasteiger partial charge >= 0.3 is 0 Å². The fourth-order valence-electron chi connectivity index (χ4n) is 1.73. The van der Waals surface area contributed by atoms with Gasteiger partial charge in [0, 0.05) is 0 Å². The van der Waals surface area contributed by atoms with E-state index < -0.39 is 0 Å². The van der Waals surface area contributed by atoms with Gasteiger partial charge in [-0.1, -0.05) is 6.08 Å². The van der Waals surface area contributed by atoms with E-state index in [1.165, 1.54) is 12.2 Å². The van der Waals surface area contributed by atoms with Gasteiger partial charge in [0.2, 0.25) is 0 Å². The summed E-state index contributed by atoms with van der Waals surface area (Å²) in [7, 11) is 1.49. The van der Waals surface area contributed by atoms with Crippen LogP contribution in [0.3, 0.4) is 0 Å². The SMILES string of the molecule is C=CC1Cn2c(Br)ccc2C(=O)N1OC. The molecule has 0 radical (unpaired) electrons. The molecule has 2 heterocycles. The summed E-state index contributed by atoms with van der Waals surface area (Å²) in [6, 6.07) is 3.50. The number of amides is 1. The molecule has 15 heavy (non-hydrogen) atoms. The van der Waals surface area contributed by atoms with Crippen molar-refractivity contribution in [3.8, 4) is 0 Å². The Morgan fingerprint density at radius 1 is 1.67 bits per heavy atom. The zero-order valence-corrected chi connectivity index (χ0v) is 9.90. The summed E-state index contributed by atoms with van der Waals surface area (Å²) < 4.78 is 2.80. The van der Waals surface area contributed by atoms with Crippen molar-refractivity contribution < 1.29 is 9.63 Å². The third-order valence-corrected chi connectivity index (χ3v) is 3.18. The van der Waals surface area contributed by atoms with Crippen LogP contribution in [0.2, 0.25) is 0 Å². The van der Waals surface area contributed by atoms with Gasteiger partial charge < -0.3 is 4.57 Å². The summed E-state index contributed by atoms with van der Waals surface area (Å²) >= 11 is 3.40. The summed E-state index contributed by atoms with van der Waals surface area (Å²) in [4.78, 5) is 17.0. The first kappa shape index (κ1) is 10.4. The molecule has 1 aromatic rings. The van der Waals surface area contributed by atoms with Crippen LogP contribution in [0, 0.1) is 0 Å². The highest BCUT2D eigenvalue weighted by molar-refractivity contribution is 9.10. The van der Waals surface area contributed by atoms with Gasteiger partial charge in [-0.2, -0.15) is 0 Å². The smallest absolute Gasteiger partial charge is 0.294 e. The van der Waals surface area contributed by atoms with E-state index >= 15 is 0 Å². The van der Waals surface area contributed by atoms with Crippen LogP contribution in [0.25, 0.3) is 0 Å². The van der Waals surface area contributed by atoms with Crippen molar-refractivity contribution in [3.05, 3.63) is 35.1 Å². The second-order valence-electron chi connectivity index (χ2n) is 3.27. The topological polar surface area (TPSA) is 34.5 Å². The second kappa shape index (κ2) is 3.83. The summed E-state index contributed by atoms with van der Waals surface area (Å²) in [5.74, 6) is -0.139. The highest BCUT2D eigenvalue weighted by Crippen LogP contribution is 2.24. The molecule has 0 saturated heterocycles. The molecule has 1 aromatic heterocycles. The van der Waals surface area contributed by atoms with Crippen molar-refractivity contribution in [2.45, 2.75) is 12.6 Å². The molecule has 1 aliphatic heterocycles. The van der Waals surface area contributed by atoms with Gasteiger partial charge in [-0.15, -0.1) is 6.58 Å². The lowest BCUT2D eigenvalue weighted by atomic mass is 10.2. The first-order valence-electron chi connectivity index (χ1n) is 4.54. The van der Waals surface area contributed by atoms with E-state index in [9.17, 15) is 4.79 Å².